The molecule has 0 N–H and O–H groups in total. The second-order valence-electron chi connectivity index (χ2n) is 5.42. The summed E-state index contributed by atoms with van der Waals surface area (Å²) in [7, 11) is 0. The van der Waals surface area contributed by atoms with Crippen molar-refractivity contribution >= 4 is 27.3 Å². The Kier molecular flexibility index (Phi) is 3.20. The number of fused-ring (bicyclic) bond motifs is 1. The number of thiazole rings is 1. The van der Waals surface area contributed by atoms with E-state index in [1.807, 2.05) is 11.3 Å². The van der Waals surface area contributed by atoms with Crippen LogP contribution >= 0.6 is 27.3 Å². The van der Waals surface area contributed by atoms with Gasteiger partial charge in [0.2, 0.25) is 0 Å². The lowest BCUT2D eigenvalue weighted by molar-refractivity contribution is 0.703. The van der Waals surface area contributed by atoms with Gasteiger partial charge in [0.1, 0.15) is 5.01 Å². The molecule has 1 aromatic heterocycles. The fourth-order valence-electron chi connectivity index (χ4n) is 2.92. The van der Waals surface area contributed by atoms with E-state index in [2.05, 4.69) is 71.4 Å². The van der Waals surface area contributed by atoms with Crippen LogP contribution in [-0.4, -0.2) is 4.98 Å². The van der Waals surface area contributed by atoms with Crippen LogP contribution in [0.15, 0.2) is 53.0 Å². The normalized spacial score (nSPS) is 16.4. The second-order valence-corrected chi connectivity index (χ2v) is 7.57. The number of aromatic nitrogens is 1. The second kappa shape index (κ2) is 5.08. The molecule has 1 unspecified atom stereocenters. The Bertz CT molecular complexity index is 804. The Morgan fingerprint density at radius 2 is 1.86 bits per heavy atom. The van der Waals surface area contributed by atoms with Gasteiger partial charge >= 0.3 is 0 Å². The Morgan fingerprint density at radius 3 is 2.62 bits per heavy atom. The van der Waals surface area contributed by atoms with E-state index >= 15 is 0 Å². The highest BCUT2D eigenvalue weighted by Gasteiger charge is 2.30. The molecule has 0 fully saturated rings. The van der Waals surface area contributed by atoms with E-state index in [1.165, 1.54) is 26.6 Å². The molecule has 3 heteroatoms. The van der Waals surface area contributed by atoms with E-state index in [4.69, 9.17) is 4.98 Å². The zero-order chi connectivity index (χ0) is 14.4. The van der Waals surface area contributed by atoms with Crippen molar-refractivity contribution < 1.29 is 0 Å². The summed E-state index contributed by atoms with van der Waals surface area (Å²) >= 11 is 5.32. The molecule has 0 aliphatic heterocycles. The molecule has 1 heterocycles. The van der Waals surface area contributed by atoms with Crippen LogP contribution in [-0.2, 0) is 6.42 Å². The summed E-state index contributed by atoms with van der Waals surface area (Å²) in [4.78, 5) is 6.24. The molecule has 0 bridgehead atoms. The number of benzene rings is 2. The first-order chi connectivity index (χ1) is 10.2. The highest BCUT2D eigenvalue weighted by molar-refractivity contribution is 9.10. The molecule has 104 valence electrons. The lowest BCUT2D eigenvalue weighted by Gasteiger charge is -2.28. The van der Waals surface area contributed by atoms with Crippen LogP contribution in [0.1, 0.15) is 26.9 Å². The number of rotatable bonds is 2. The number of aryl methyl sites for hydroxylation is 1. The van der Waals surface area contributed by atoms with Crippen molar-refractivity contribution in [2.24, 2.45) is 0 Å². The lowest BCUT2D eigenvalue weighted by Crippen LogP contribution is -2.17. The molecule has 0 amide bonds. The smallest absolute Gasteiger partial charge is 0.101 e. The molecule has 1 aliphatic carbocycles. The maximum atomic E-state index is 4.93. The van der Waals surface area contributed by atoms with Crippen LogP contribution in [0, 0.1) is 6.92 Å². The monoisotopic (exact) mass is 355 g/mol. The summed E-state index contributed by atoms with van der Waals surface area (Å²) in [5.74, 6) is 0.495. The van der Waals surface area contributed by atoms with Gasteiger partial charge in [-0.2, -0.15) is 0 Å². The first-order valence-electron chi connectivity index (χ1n) is 7.03. The summed E-state index contributed by atoms with van der Waals surface area (Å²) in [5, 5.41) is 1.25. The molecule has 1 atom stereocenters. The van der Waals surface area contributed by atoms with E-state index in [1.54, 1.807) is 0 Å². The topological polar surface area (TPSA) is 12.9 Å². The molecule has 21 heavy (non-hydrogen) atoms. The number of hydrogen-bond donors (Lipinski definition) is 0. The summed E-state index contributed by atoms with van der Waals surface area (Å²) in [6.07, 6.45) is 1.13. The molecule has 1 aliphatic rings. The van der Waals surface area contributed by atoms with Gasteiger partial charge in [0.05, 0.1) is 5.69 Å². The van der Waals surface area contributed by atoms with Crippen LogP contribution in [0.25, 0.3) is 11.3 Å². The van der Waals surface area contributed by atoms with Gasteiger partial charge in [-0.1, -0.05) is 52.3 Å². The van der Waals surface area contributed by atoms with Gasteiger partial charge in [-0.25, -0.2) is 4.98 Å². The third-order valence-electron chi connectivity index (χ3n) is 4.08. The highest BCUT2D eigenvalue weighted by atomic mass is 79.9. The van der Waals surface area contributed by atoms with Gasteiger partial charge in [-0.3, -0.25) is 0 Å². The largest absolute Gasteiger partial charge is 0.240 e. The van der Waals surface area contributed by atoms with Crippen LogP contribution in [0.2, 0.25) is 0 Å². The molecule has 2 aromatic carbocycles. The first kappa shape index (κ1) is 13.2. The van der Waals surface area contributed by atoms with E-state index in [-0.39, 0.29) is 0 Å². The van der Waals surface area contributed by atoms with Crippen LogP contribution < -0.4 is 0 Å². The van der Waals surface area contributed by atoms with Gasteiger partial charge in [0, 0.05) is 20.8 Å². The van der Waals surface area contributed by atoms with Crippen molar-refractivity contribution in [3.8, 4) is 11.3 Å². The third-order valence-corrected chi connectivity index (χ3v) is 5.70. The van der Waals surface area contributed by atoms with Crippen molar-refractivity contribution in [3.63, 3.8) is 0 Å². The van der Waals surface area contributed by atoms with Gasteiger partial charge in [0.15, 0.2) is 0 Å². The average Bonchev–Trinajstić information content (AvgIpc) is 2.83. The summed E-state index contributed by atoms with van der Waals surface area (Å²) in [6, 6.07) is 17.1. The van der Waals surface area contributed by atoms with Crippen LogP contribution in [0.4, 0.5) is 0 Å². The third kappa shape index (κ3) is 2.25. The summed E-state index contributed by atoms with van der Waals surface area (Å²) < 4.78 is 1.10. The fourth-order valence-corrected chi connectivity index (χ4v) is 4.25. The molecular formula is C18H14BrNS. The quantitative estimate of drug-likeness (QED) is 0.585. The molecular weight excluding hydrogens is 342 g/mol. The molecule has 0 saturated carbocycles. The van der Waals surface area contributed by atoms with E-state index in [0.717, 1.165) is 16.6 Å². The van der Waals surface area contributed by atoms with Crippen molar-refractivity contribution in [2.75, 3.05) is 0 Å². The summed E-state index contributed by atoms with van der Waals surface area (Å²) in [5.41, 5.74) is 5.26. The first-order valence-corrected chi connectivity index (χ1v) is 8.64. The fraction of sp³-hybridized carbons (Fsp3) is 0.167. The van der Waals surface area contributed by atoms with Gasteiger partial charge < -0.3 is 0 Å². The maximum absolute atomic E-state index is 4.93. The molecule has 0 saturated heterocycles. The Balaban J connectivity index is 1.71. The Hall–Kier alpha value is -1.45. The van der Waals surface area contributed by atoms with E-state index in [0.29, 0.717) is 5.92 Å². The Labute approximate surface area is 136 Å². The predicted molar refractivity (Wildman–Crippen MR) is 92.0 cm³/mol. The number of halogens is 1. The number of nitrogens with zero attached hydrogens (tertiary/aromatic N) is 1. The minimum Gasteiger partial charge on any atom is -0.240 e. The standard InChI is InChI=1S/C18H14BrNS/c1-11-17(12-6-8-14(19)9-7-12)20-18(21-11)16-10-13-4-2-3-5-15(13)16/h2-9,16H,10H2,1H3. The minimum absolute atomic E-state index is 0.495. The molecule has 0 radical (unpaired) electrons. The molecule has 4 rings (SSSR count). The zero-order valence-electron chi connectivity index (χ0n) is 11.6. The average molecular weight is 356 g/mol. The molecule has 1 nitrogen and oxygen atoms in total. The number of hydrogen-bond acceptors (Lipinski definition) is 2. The SMILES string of the molecule is Cc1sc(C2Cc3ccccc32)nc1-c1ccc(Br)cc1. The van der Waals surface area contributed by atoms with Crippen LogP contribution in [0.5, 0.6) is 0 Å². The predicted octanol–water partition coefficient (Wildman–Crippen LogP) is 5.57. The lowest BCUT2D eigenvalue weighted by atomic mass is 9.78. The zero-order valence-corrected chi connectivity index (χ0v) is 14.0. The van der Waals surface area contributed by atoms with Gasteiger partial charge in [-0.15, -0.1) is 11.3 Å². The molecule has 0 spiro atoms. The van der Waals surface area contributed by atoms with Crippen molar-refractivity contribution in [2.45, 2.75) is 19.3 Å². The Morgan fingerprint density at radius 1 is 1.10 bits per heavy atom. The maximum Gasteiger partial charge on any atom is 0.101 e. The van der Waals surface area contributed by atoms with E-state index in [9.17, 15) is 0 Å². The van der Waals surface area contributed by atoms with Gasteiger partial charge in [-0.05, 0) is 36.6 Å². The minimum atomic E-state index is 0.495. The van der Waals surface area contributed by atoms with Crippen molar-refractivity contribution in [3.05, 3.63) is 74.0 Å². The van der Waals surface area contributed by atoms with Crippen LogP contribution in [0.3, 0.4) is 0 Å². The summed E-state index contributed by atoms with van der Waals surface area (Å²) in [6.45, 7) is 2.17. The highest BCUT2D eigenvalue weighted by Crippen LogP contribution is 2.43. The van der Waals surface area contributed by atoms with Crippen molar-refractivity contribution in [1.82, 2.24) is 4.98 Å². The molecule has 3 aromatic rings. The van der Waals surface area contributed by atoms with Gasteiger partial charge in [0.25, 0.3) is 0 Å². The van der Waals surface area contributed by atoms with Crippen molar-refractivity contribution in [1.29, 1.82) is 0 Å². The van der Waals surface area contributed by atoms with E-state index < -0.39 is 0 Å².